The Kier molecular flexibility index (Phi) is 9.18. The fourth-order valence-corrected chi connectivity index (χ4v) is 13.5. The van der Waals surface area contributed by atoms with E-state index in [1.807, 2.05) is 12.2 Å². The highest BCUT2D eigenvalue weighted by Crippen LogP contribution is 2.49. The third-order valence-electron chi connectivity index (χ3n) is 12.9. The molecule has 0 saturated carbocycles. The Morgan fingerprint density at radius 3 is 2.21 bits per heavy atom. The van der Waals surface area contributed by atoms with Gasteiger partial charge in [0.15, 0.2) is 0 Å². The highest BCUT2D eigenvalue weighted by Gasteiger charge is 2.38. The van der Waals surface area contributed by atoms with Crippen molar-refractivity contribution in [3.8, 4) is 11.1 Å². The molecule has 0 amide bonds. The van der Waals surface area contributed by atoms with E-state index in [-0.39, 0.29) is 5.41 Å². The van der Waals surface area contributed by atoms with E-state index in [1.165, 1.54) is 76.7 Å². The number of anilines is 3. The summed E-state index contributed by atoms with van der Waals surface area (Å²) in [6.07, 6.45) is 15.3. The van der Waals surface area contributed by atoms with Gasteiger partial charge in [0.05, 0.1) is 11.4 Å². The third-order valence-corrected chi connectivity index (χ3v) is 17.6. The molecule has 0 aromatic heterocycles. The number of hydrogen-bond donors (Lipinski definition) is 0. The van der Waals surface area contributed by atoms with Gasteiger partial charge in [0.1, 0.15) is 8.07 Å². The summed E-state index contributed by atoms with van der Waals surface area (Å²) in [5.74, 6) is 0. The van der Waals surface area contributed by atoms with Crippen LogP contribution in [0.25, 0.3) is 28.9 Å². The van der Waals surface area contributed by atoms with Crippen LogP contribution in [0.3, 0.4) is 0 Å². The van der Waals surface area contributed by atoms with Crippen molar-refractivity contribution in [3.63, 3.8) is 0 Å². The number of benzene rings is 5. The van der Waals surface area contributed by atoms with E-state index in [1.54, 1.807) is 11.8 Å². The summed E-state index contributed by atoms with van der Waals surface area (Å²) < 4.78 is 0. The van der Waals surface area contributed by atoms with Crippen molar-refractivity contribution in [1.82, 2.24) is 0 Å². The highest BCUT2D eigenvalue weighted by molar-refractivity contribution is 8.03. The topological polar surface area (TPSA) is 6.48 Å². The second kappa shape index (κ2) is 14.1. The molecule has 0 saturated heterocycles. The van der Waals surface area contributed by atoms with Crippen LogP contribution in [0, 0.1) is 0 Å². The molecular formula is C53H50N2SSi. The zero-order chi connectivity index (χ0) is 39.6. The Morgan fingerprint density at radius 1 is 0.754 bits per heavy atom. The summed E-state index contributed by atoms with van der Waals surface area (Å²) in [6, 6.07) is 38.6. The normalized spacial score (nSPS) is 17.4. The van der Waals surface area contributed by atoms with Crippen molar-refractivity contribution < 1.29 is 0 Å². The molecule has 282 valence electrons. The molecule has 0 fully saturated rings. The van der Waals surface area contributed by atoms with Gasteiger partial charge in [0.2, 0.25) is 0 Å². The highest BCUT2D eigenvalue weighted by atomic mass is 32.2. The number of para-hydroxylation sites is 2. The lowest BCUT2D eigenvalue weighted by atomic mass is 9.81. The minimum atomic E-state index is -1.88. The Hall–Kier alpha value is -5.55. The molecule has 3 aliphatic heterocycles. The number of rotatable bonds is 8. The predicted octanol–water partition coefficient (Wildman–Crippen LogP) is 13.1. The Bertz CT molecular complexity index is 2670. The number of nitrogens with zero attached hydrogens (tertiary/aromatic N) is 2. The Balaban J connectivity index is 1.01. The zero-order valence-electron chi connectivity index (χ0n) is 33.8. The number of fused-ring (bicyclic) bond motifs is 6. The zero-order valence-corrected chi connectivity index (χ0v) is 35.6. The van der Waals surface area contributed by atoms with E-state index in [0.717, 1.165) is 41.4 Å². The van der Waals surface area contributed by atoms with Crippen LogP contribution in [0.4, 0.5) is 17.1 Å². The summed E-state index contributed by atoms with van der Waals surface area (Å²) in [5, 5.41) is 2.99. The fourth-order valence-electron chi connectivity index (χ4n) is 9.44. The first-order valence-corrected chi connectivity index (χ1v) is 24.0. The van der Waals surface area contributed by atoms with Crippen LogP contribution in [-0.2, 0) is 11.8 Å². The second-order valence-corrected chi connectivity index (χ2v) is 22.1. The number of allylic oxidation sites excluding steroid dienone is 6. The van der Waals surface area contributed by atoms with Gasteiger partial charge in [-0.3, -0.25) is 0 Å². The SMILES string of the molecule is C=CC1=C(C=C)N(c2ccc3c(c2)-c2cc(C=Cc4ccc5c(c4)C(C)(C)C(C)=C5C=CC(=C)N4CCCc5ccccc54)ccc2[Si]3(C)C)c2ccccc2S1. The number of thioether (sulfide) groups is 1. The summed E-state index contributed by atoms with van der Waals surface area (Å²) >= 11 is 1.76. The smallest absolute Gasteiger partial charge is 0.113 e. The molecule has 57 heavy (non-hydrogen) atoms. The molecular weight excluding hydrogens is 725 g/mol. The van der Waals surface area contributed by atoms with Gasteiger partial charge < -0.3 is 9.80 Å². The predicted molar refractivity (Wildman–Crippen MR) is 252 cm³/mol. The first-order valence-electron chi connectivity index (χ1n) is 20.1. The van der Waals surface area contributed by atoms with E-state index >= 15 is 0 Å². The van der Waals surface area contributed by atoms with Crippen molar-refractivity contribution in [2.75, 3.05) is 16.3 Å². The maximum absolute atomic E-state index is 4.51. The van der Waals surface area contributed by atoms with Crippen molar-refractivity contribution >= 4 is 65.0 Å². The van der Waals surface area contributed by atoms with Crippen LogP contribution >= 0.6 is 11.8 Å². The molecule has 3 heterocycles. The van der Waals surface area contributed by atoms with Crippen LogP contribution in [0.15, 0.2) is 174 Å². The van der Waals surface area contributed by atoms with Gasteiger partial charge in [-0.05, 0) is 123 Å². The second-order valence-electron chi connectivity index (χ2n) is 16.7. The summed E-state index contributed by atoms with van der Waals surface area (Å²) in [5.41, 5.74) is 17.6. The van der Waals surface area contributed by atoms with Crippen molar-refractivity contribution in [2.45, 2.75) is 57.0 Å². The first-order chi connectivity index (χ1) is 27.5. The molecule has 2 nitrogen and oxygen atoms in total. The Morgan fingerprint density at radius 2 is 1.44 bits per heavy atom. The summed E-state index contributed by atoms with van der Waals surface area (Å²) in [7, 11) is -1.88. The molecule has 0 N–H and O–H groups in total. The van der Waals surface area contributed by atoms with Crippen LogP contribution in [0.1, 0.15) is 55.0 Å². The van der Waals surface area contributed by atoms with Crippen molar-refractivity contribution in [2.24, 2.45) is 0 Å². The molecule has 0 bridgehead atoms. The molecule has 5 aromatic rings. The van der Waals surface area contributed by atoms with Crippen molar-refractivity contribution in [1.29, 1.82) is 0 Å². The molecule has 9 rings (SSSR count). The molecule has 1 aliphatic carbocycles. The van der Waals surface area contributed by atoms with E-state index in [0.29, 0.717) is 0 Å². The monoisotopic (exact) mass is 774 g/mol. The van der Waals surface area contributed by atoms with E-state index in [9.17, 15) is 0 Å². The lowest BCUT2D eigenvalue weighted by molar-refractivity contribution is 0.639. The quantitative estimate of drug-likeness (QED) is 0.0881. The largest absolute Gasteiger partial charge is 0.342 e. The molecule has 4 heteroatoms. The minimum absolute atomic E-state index is 0.0657. The first kappa shape index (κ1) is 37.0. The number of hydrogen-bond acceptors (Lipinski definition) is 3. The molecule has 0 atom stereocenters. The van der Waals surface area contributed by atoms with Gasteiger partial charge >= 0.3 is 0 Å². The average molecular weight is 775 g/mol. The van der Waals surface area contributed by atoms with Gasteiger partial charge in [-0.2, -0.15) is 0 Å². The van der Waals surface area contributed by atoms with Gasteiger partial charge in [-0.1, -0.05) is 155 Å². The van der Waals surface area contributed by atoms with Gasteiger partial charge in [-0.25, -0.2) is 0 Å². The van der Waals surface area contributed by atoms with E-state index < -0.39 is 8.07 Å². The summed E-state index contributed by atoms with van der Waals surface area (Å²) in [6.45, 7) is 25.9. The molecule has 4 aliphatic rings. The maximum Gasteiger partial charge on any atom is 0.113 e. The fraction of sp³-hybridized carbons (Fsp3) is 0.170. The minimum Gasteiger partial charge on any atom is -0.342 e. The molecule has 5 aromatic carbocycles. The average Bonchev–Trinajstić information content (AvgIpc) is 3.57. The molecule has 0 radical (unpaired) electrons. The standard InChI is InChI=1S/C53H50N2SSi/c1-9-46-49(10-2)56-50-20-14-13-19-48(50)55(46)40-26-30-52-44(34-40)43-32-37(25-29-51(43)57(52,7)8)22-23-38-24-28-42-41(36(4)53(5,6)45(42)33-38)27-21-35(3)54-31-15-17-39-16-11-12-18-47(39)54/h9-14,16,18-30,32-34H,1-3,15,17,31H2,4-8H3. The lowest BCUT2D eigenvalue weighted by Gasteiger charge is -2.33. The van der Waals surface area contributed by atoms with Gasteiger partial charge in [0, 0.05) is 38.8 Å². The third kappa shape index (κ3) is 6.09. The van der Waals surface area contributed by atoms with Crippen LogP contribution < -0.4 is 20.2 Å². The molecule has 0 spiro atoms. The lowest BCUT2D eigenvalue weighted by Crippen LogP contribution is -2.49. The van der Waals surface area contributed by atoms with E-state index in [4.69, 9.17) is 0 Å². The van der Waals surface area contributed by atoms with Crippen LogP contribution in [0.5, 0.6) is 0 Å². The van der Waals surface area contributed by atoms with Crippen molar-refractivity contribution in [3.05, 3.63) is 197 Å². The van der Waals surface area contributed by atoms with Gasteiger partial charge in [0.25, 0.3) is 0 Å². The summed E-state index contributed by atoms with van der Waals surface area (Å²) in [4.78, 5) is 7.07. The Labute approximate surface area is 344 Å². The van der Waals surface area contributed by atoms with Crippen LogP contribution in [-0.4, -0.2) is 14.6 Å². The van der Waals surface area contributed by atoms with E-state index in [2.05, 4.69) is 191 Å². The number of aryl methyl sites for hydroxylation is 1. The maximum atomic E-state index is 4.51. The van der Waals surface area contributed by atoms with Gasteiger partial charge in [-0.15, -0.1) is 0 Å². The molecule has 0 unspecified atom stereocenters. The van der Waals surface area contributed by atoms with Crippen LogP contribution in [0.2, 0.25) is 13.1 Å².